The van der Waals surface area contributed by atoms with Gasteiger partial charge in [0.15, 0.2) is 5.17 Å². The molecule has 1 fully saturated rings. The van der Waals surface area contributed by atoms with Crippen LogP contribution in [0.4, 0.5) is 5.69 Å². The fraction of sp³-hybridized carbons (Fsp3) is 0.115. The van der Waals surface area contributed by atoms with Crippen molar-refractivity contribution in [3.63, 3.8) is 0 Å². The highest BCUT2D eigenvalue weighted by atomic mass is 32.2. The Morgan fingerprint density at radius 3 is 2.27 bits per heavy atom. The van der Waals surface area contributed by atoms with Crippen LogP contribution in [0, 0.1) is 13.8 Å². The molecule has 0 bridgehead atoms. The molecule has 33 heavy (non-hydrogen) atoms. The summed E-state index contributed by atoms with van der Waals surface area (Å²) in [6.45, 7) is 3.91. The molecular weight excluding hydrogens is 436 g/mol. The van der Waals surface area contributed by atoms with Crippen molar-refractivity contribution in [2.45, 2.75) is 20.4 Å². The van der Waals surface area contributed by atoms with Crippen LogP contribution >= 0.6 is 11.8 Å². The fourth-order valence-electron chi connectivity index (χ4n) is 3.50. The van der Waals surface area contributed by atoms with Crippen molar-refractivity contribution in [2.75, 3.05) is 0 Å². The third kappa shape index (κ3) is 4.99. The molecule has 3 aromatic rings. The lowest BCUT2D eigenvalue weighted by Gasteiger charge is -2.16. The van der Waals surface area contributed by atoms with Gasteiger partial charge in [0.25, 0.3) is 5.91 Å². The highest BCUT2D eigenvalue weighted by Crippen LogP contribution is 2.36. The summed E-state index contributed by atoms with van der Waals surface area (Å²) < 4.78 is 0. The molecule has 1 aliphatic heterocycles. The van der Waals surface area contributed by atoms with Gasteiger partial charge in [-0.1, -0.05) is 30.3 Å². The Hall–Kier alpha value is -3.84. The molecule has 6 nitrogen and oxygen atoms in total. The molecule has 0 atom stereocenters. The summed E-state index contributed by atoms with van der Waals surface area (Å²) >= 11 is 1.29. The number of aromatic hydroxyl groups is 1. The third-order valence-electron chi connectivity index (χ3n) is 5.22. The zero-order valence-electron chi connectivity index (χ0n) is 18.1. The number of amidine groups is 1. The molecule has 0 aromatic heterocycles. The molecule has 1 aliphatic rings. The number of carboxylic acids is 1. The molecule has 166 valence electrons. The average Bonchev–Trinajstić information content (AvgIpc) is 3.07. The molecule has 0 saturated carbocycles. The van der Waals surface area contributed by atoms with Gasteiger partial charge in [0.2, 0.25) is 0 Å². The number of carbonyl (C=O) groups excluding carboxylic acids is 1. The van der Waals surface area contributed by atoms with E-state index in [1.165, 1.54) is 23.9 Å². The standard InChI is InChI=1S/C26H22N2O4S/c1-16-12-19(13-17(2)23(16)29)14-22-24(30)28(15-18-8-10-20(11-9-18)25(31)32)26(33-22)27-21-6-4-3-5-7-21/h3-14,29H,15H2,1-2H3,(H,31,32). The van der Waals surface area contributed by atoms with Crippen molar-refractivity contribution >= 4 is 40.6 Å². The largest absolute Gasteiger partial charge is 0.507 e. The summed E-state index contributed by atoms with van der Waals surface area (Å²) in [5, 5.41) is 19.7. The number of aryl methyl sites for hydroxylation is 2. The second kappa shape index (κ2) is 9.34. The SMILES string of the molecule is Cc1cc(C=C2SC(=Nc3ccccc3)N(Cc3ccc(C(=O)O)cc3)C2=O)cc(C)c1O. The predicted molar refractivity (Wildman–Crippen MR) is 131 cm³/mol. The maximum Gasteiger partial charge on any atom is 0.335 e. The number of carbonyl (C=O) groups is 2. The minimum atomic E-state index is -0.995. The number of carboxylic acid groups (broad SMARTS) is 1. The summed E-state index contributed by atoms with van der Waals surface area (Å²) in [5.74, 6) is -0.925. The number of rotatable bonds is 5. The summed E-state index contributed by atoms with van der Waals surface area (Å²) in [5.41, 5.74) is 4.03. The molecular formula is C26H22N2O4S. The first-order chi connectivity index (χ1) is 15.8. The number of amides is 1. The number of hydrogen-bond donors (Lipinski definition) is 2. The number of hydrogen-bond acceptors (Lipinski definition) is 5. The van der Waals surface area contributed by atoms with E-state index in [4.69, 9.17) is 5.11 Å². The van der Waals surface area contributed by atoms with E-state index < -0.39 is 5.97 Å². The van der Waals surface area contributed by atoms with Crippen LogP contribution in [-0.2, 0) is 11.3 Å². The zero-order valence-corrected chi connectivity index (χ0v) is 19.0. The van der Waals surface area contributed by atoms with Gasteiger partial charge in [-0.15, -0.1) is 0 Å². The summed E-state index contributed by atoms with van der Waals surface area (Å²) in [6, 6.07) is 19.5. The topological polar surface area (TPSA) is 90.2 Å². The smallest absolute Gasteiger partial charge is 0.335 e. The van der Waals surface area contributed by atoms with Crippen LogP contribution in [0.15, 0.2) is 76.6 Å². The fourth-order valence-corrected chi connectivity index (χ4v) is 4.50. The Bertz CT molecular complexity index is 1260. The number of aliphatic imine (C=N–C) groups is 1. The minimum absolute atomic E-state index is 0.180. The van der Waals surface area contributed by atoms with Gasteiger partial charge in [0.05, 0.1) is 22.7 Å². The highest BCUT2D eigenvalue weighted by molar-refractivity contribution is 8.18. The van der Waals surface area contributed by atoms with Crippen LogP contribution in [0.5, 0.6) is 5.75 Å². The van der Waals surface area contributed by atoms with Crippen molar-refractivity contribution in [2.24, 2.45) is 4.99 Å². The maximum absolute atomic E-state index is 13.3. The number of benzene rings is 3. The highest BCUT2D eigenvalue weighted by Gasteiger charge is 2.33. The minimum Gasteiger partial charge on any atom is -0.507 e. The van der Waals surface area contributed by atoms with E-state index in [9.17, 15) is 14.7 Å². The van der Waals surface area contributed by atoms with Crippen molar-refractivity contribution in [3.05, 3.63) is 99.5 Å². The van der Waals surface area contributed by atoms with Gasteiger partial charge in [-0.2, -0.15) is 0 Å². The molecule has 3 aromatic carbocycles. The molecule has 0 radical (unpaired) electrons. The van der Waals surface area contributed by atoms with Gasteiger partial charge in [-0.3, -0.25) is 9.69 Å². The van der Waals surface area contributed by atoms with Gasteiger partial charge in [-0.05, 0) is 90.3 Å². The van der Waals surface area contributed by atoms with E-state index >= 15 is 0 Å². The molecule has 1 saturated heterocycles. The van der Waals surface area contributed by atoms with Gasteiger partial charge >= 0.3 is 5.97 Å². The van der Waals surface area contributed by atoms with E-state index in [2.05, 4.69) is 4.99 Å². The second-order valence-corrected chi connectivity index (χ2v) is 8.75. The Morgan fingerprint density at radius 2 is 1.67 bits per heavy atom. The van der Waals surface area contributed by atoms with Crippen LogP contribution in [0.25, 0.3) is 6.08 Å². The van der Waals surface area contributed by atoms with Crippen LogP contribution in [0.2, 0.25) is 0 Å². The van der Waals surface area contributed by atoms with E-state index in [1.807, 2.05) is 56.3 Å². The lowest BCUT2D eigenvalue weighted by molar-refractivity contribution is -0.122. The van der Waals surface area contributed by atoms with Crippen molar-refractivity contribution in [1.29, 1.82) is 0 Å². The molecule has 2 N–H and O–H groups in total. The Morgan fingerprint density at radius 1 is 1.03 bits per heavy atom. The average molecular weight is 459 g/mol. The first kappa shape index (κ1) is 22.4. The quantitative estimate of drug-likeness (QED) is 0.492. The van der Waals surface area contributed by atoms with Crippen LogP contribution in [0.1, 0.15) is 32.6 Å². The normalized spacial score (nSPS) is 16.1. The number of phenolic OH excluding ortho intramolecular Hbond substituents is 1. The number of para-hydroxylation sites is 1. The van der Waals surface area contributed by atoms with Crippen molar-refractivity contribution < 1.29 is 19.8 Å². The molecule has 1 heterocycles. The number of phenols is 1. The molecule has 7 heteroatoms. The molecule has 0 spiro atoms. The van der Waals surface area contributed by atoms with Gasteiger partial charge in [0.1, 0.15) is 5.75 Å². The summed E-state index contributed by atoms with van der Waals surface area (Å²) in [7, 11) is 0. The third-order valence-corrected chi connectivity index (χ3v) is 6.23. The van der Waals surface area contributed by atoms with E-state index in [0.29, 0.717) is 10.1 Å². The molecule has 1 amide bonds. The van der Waals surface area contributed by atoms with Gasteiger partial charge < -0.3 is 10.2 Å². The van der Waals surface area contributed by atoms with Gasteiger partial charge in [-0.25, -0.2) is 9.79 Å². The lowest BCUT2D eigenvalue weighted by atomic mass is 10.1. The predicted octanol–water partition coefficient (Wildman–Crippen LogP) is 5.51. The second-order valence-electron chi connectivity index (χ2n) is 7.74. The molecule has 0 unspecified atom stereocenters. The first-order valence-electron chi connectivity index (χ1n) is 10.3. The zero-order chi connectivity index (χ0) is 23.5. The van der Waals surface area contributed by atoms with E-state index in [0.717, 1.165) is 27.9 Å². The summed E-state index contributed by atoms with van der Waals surface area (Å²) in [4.78, 5) is 31.3. The van der Waals surface area contributed by atoms with E-state index in [-0.39, 0.29) is 23.8 Å². The lowest BCUT2D eigenvalue weighted by Crippen LogP contribution is -2.28. The Kier molecular flexibility index (Phi) is 6.33. The van der Waals surface area contributed by atoms with Crippen LogP contribution < -0.4 is 0 Å². The van der Waals surface area contributed by atoms with Crippen LogP contribution in [0.3, 0.4) is 0 Å². The van der Waals surface area contributed by atoms with Crippen molar-refractivity contribution in [3.8, 4) is 5.75 Å². The number of nitrogens with zero attached hydrogens (tertiary/aromatic N) is 2. The number of thioether (sulfide) groups is 1. The number of aromatic carboxylic acids is 1. The monoisotopic (exact) mass is 458 g/mol. The van der Waals surface area contributed by atoms with E-state index in [1.54, 1.807) is 23.1 Å². The summed E-state index contributed by atoms with van der Waals surface area (Å²) in [6.07, 6.45) is 1.81. The van der Waals surface area contributed by atoms with Crippen LogP contribution in [-0.4, -0.2) is 32.2 Å². The Balaban J connectivity index is 1.70. The molecule has 0 aliphatic carbocycles. The first-order valence-corrected chi connectivity index (χ1v) is 11.1. The van der Waals surface area contributed by atoms with Crippen molar-refractivity contribution in [1.82, 2.24) is 4.90 Å². The molecule has 4 rings (SSSR count). The maximum atomic E-state index is 13.3. The Labute approximate surface area is 195 Å². The van der Waals surface area contributed by atoms with Gasteiger partial charge in [0, 0.05) is 0 Å².